The standard InChI is InChI=1S/C11H19N3O4S/c1-10(8-14-6-5-12-9-14)13-19(16,17)7-3-4-11(15)18-2/h5-6,9-10,13H,3-4,7-8H2,1-2H3. The zero-order valence-electron chi connectivity index (χ0n) is 11.1. The van der Waals surface area contributed by atoms with Gasteiger partial charge in [0.05, 0.1) is 19.2 Å². The summed E-state index contributed by atoms with van der Waals surface area (Å²) in [5.74, 6) is -0.488. The summed E-state index contributed by atoms with van der Waals surface area (Å²) in [6.45, 7) is 2.29. The molecule has 0 fully saturated rings. The smallest absolute Gasteiger partial charge is 0.305 e. The quantitative estimate of drug-likeness (QED) is 0.688. The lowest BCUT2D eigenvalue weighted by atomic mass is 10.3. The van der Waals surface area contributed by atoms with E-state index in [-0.39, 0.29) is 24.6 Å². The van der Waals surface area contributed by atoms with Gasteiger partial charge in [0.1, 0.15) is 0 Å². The van der Waals surface area contributed by atoms with Crippen molar-refractivity contribution < 1.29 is 17.9 Å². The third-order valence-electron chi connectivity index (χ3n) is 2.45. The summed E-state index contributed by atoms with van der Waals surface area (Å²) in [5.41, 5.74) is 0. The van der Waals surface area contributed by atoms with E-state index >= 15 is 0 Å². The Balaban J connectivity index is 2.35. The lowest BCUT2D eigenvalue weighted by Crippen LogP contribution is -2.37. The third kappa shape index (κ3) is 6.35. The number of nitrogens with one attached hydrogen (secondary N) is 1. The fourth-order valence-corrected chi connectivity index (χ4v) is 2.95. The highest BCUT2D eigenvalue weighted by Gasteiger charge is 2.15. The molecule has 0 radical (unpaired) electrons. The zero-order chi connectivity index (χ0) is 14.3. The van der Waals surface area contributed by atoms with Gasteiger partial charge in [0.25, 0.3) is 0 Å². The van der Waals surface area contributed by atoms with Crippen molar-refractivity contribution in [2.45, 2.75) is 32.4 Å². The SMILES string of the molecule is COC(=O)CCCS(=O)(=O)NC(C)Cn1ccnc1. The Morgan fingerprint density at radius 2 is 2.26 bits per heavy atom. The highest BCUT2D eigenvalue weighted by molar-refractivity contribution is 7.89. The number of sulfonamides is 1. The fraction of sp³-hybridized carbons (Fsp3) is 0.636. The summed E-state index contributed by atoms with van der Waals surface area (Å²) in [6.07, 6.45) is 5.38. The fourth-order valence-electron chi connectivity index (χ4n) is 1.62. The Hall–Kier alpha value is -1.41. The summed E-state index contributed by atoms with van der Waals surface area (Å²) in [6, 6.07) is -0.239. The van der Waals surface area contributed by atoms with E-state index in [2.05, 4.69) is 14.4 Å². The van der Waals surface area contributed by atoms with Crippen molar-refractivity contribution in [3.63, 3.8) is 0 Å². The summed E-state index contributed by atoms with van der Waals surface area (Å²) < 4.78 is 32.3. The molecule has 1 rings (SSSR count). The van der Waals surface area contributed by atoms with E-state index in [9.17, 15) is 13.2 Å². The zero-order valence-corrected chi connectivity index (χ0v) is 11.9. The van der Waals surface area contributed by atoms with E-state index < -0.39 is 16.0 Å². The highest BCUT2D eigenvalue weighted by Crippen LogP contribution is 1.99. The topological polar surface area (TPSA) is 90.3 Å². The summed E-state index contributed by atoms with van der Waals surface area (Å²) >= 11 is 0. The van der Waals surface area contributed by atoms with Gasteiger partial charge in [-0.3, -0.25) is 4.79 Å². The van der Waals surface area contributed by atoms with Crippen LogP contribution in [0.1, 0.15) is 19.8 Å². The van der Waals surface area contributed by atoms with Crippen LogP contribution in [-0.4, -0.2) is 42.8 Å². The molecule has 1 aromatic rings. The number of methoxy groups -OCH3 is 1. The highest BCUT2D eigenvalue weighted by atomic mass is 32.2. The molecule has 7 nitrogen and oxygen atoms in total. The van der Waals surface area contributed by atoms with Crippen molar-refractivity contribution in [2.24, 2.45) is 0 Å². The Morgan fingerprint density at radius 3 is 2.84 bits per heavy atom. The van der Waals surface area contributed by atoms with Crippen LogP contribution in [0.4, 0.5) is 0 Å². The Bertz CT molecular complexity index is 484. The molecule has 0 aliphatic rings. The second-order valence-electron chi connectivity index (χ2n) is 4.28. The number of hydrogen-bond acceptors (Lipinski definition) is 5. The third-order valence-corrected chi connectivity index (χ3v) is 4.03. The van der Waals surface area contributed by atoms with Gasteiger partial charge in [-0.2, -0.15) is 0 Å². The van der Waals surface area contributed by atoms with E-state index in [4.69, 9.17) is 0 Å². The normalized spacial score (nSPS) is 13.2. The van der Waals surface area contributed by atoms with E-state index in [1.807, 2.05) is 0 Å². The Morgan fingerprint density at radius 1 is 1.53 bits per heavy atom. The molecule has 0 spiro atoms. The molecule has 0 saturated carbocycles. The summed E-state index contributed by atoms with van der Waals surface area (Å²) in [7, 11) is -2.10. The number of hydrogen-bond donors (Lipinski definition) is 1. The number of aromatic nitrogens is 2. The van der Waals surface area contributed by atoms with Crippen molar-refractivity contribution in [1.82, 2.24) is 14.3 Å². The van der Waals surface area contributed by atoms with Crippen LogP contribution in [0.25, 0.3) is 0 Å². The molecule has 1 aromatic heterocycles. The molecule has 1 N–H and O–H groups in total. The van der Waals surface area contributed by atoms with E-state index in [1.165, 1.54) is 7.11 Å². The van der Waals surface area contributed by atoms with Crippen LogP contribution in [0.2, 0.25) is 0 Å². The molecule has 0 aromatic carbocycles. The van der Waals surface area contributed by atoms with Crippen molar-refractivity contribution >= 4 is 16.0 Å². The van der Waals surface area contributed by atoms with Crippen LogP contribution >= 0.6 is 0 Å². The molecule has 1 unspecified atom stereocenters. The number of nitrogens with zero attached hydrogens (tertiary/aromatic N) is 2. The minimum absolute atomic E-state index is 0.0869. The van der Waals surface area contributed by atoms with Crippen LogP contribution in [0.5, 0.6) is 0 Å². The maximum Gasteiger partial charge on any atom is 0.305 e. The lowest BCUT2D eigenvalue weighted by Gasteiger charge is -2.14. The predicted molar refractivity (Wildman–Crippen MR) is 69.9 cm³/mol. The molecular formula is C11H19N3O4S. The van der Waals surface area contributed by atoms with Crippen molar-refractivity contribution in [2.75, 3.05) is 12.9 Å². The van der Waals surface area contributed by atoms with E-state index in [0.717, 1.165) is 0 Å². The van der Waals surface area contributed by atoms with Gasteiger partial charge in [-0.1, -0.05) is 0 Å². The van der Waals surface area contributed by atoms with Crippen LogP contribution in [0.3, 0.4) is 0 Å². The molecule has 1 heterocycles. The van der Waals surface area contributed by atoms with Crippen molar-refractivity contribution in [3.05, 3.63) is 18.7 Å². The number of ether oxygens (including phenoxy) is 1. The molecular weight excluding hydrogens is 270 g/mol. The molecule has 19 heavy (non-hydrogen) atoms. The maximum atomic E-state index is 11.8. The van der Waals surface area contributed by atoms with Gasteiger partial charge in [-0.25, -0.2) is 18.1 Å². The average molecular weight is 289 g/mol. The van der Waals surface area contributed by atoms with Gasteiger partial charge in [0.2, 0.25) is 10.0 Å². The number of esters is 1. The van der Waals surface area contributed by atoms with Crippen LogP contribution in [0.15, 0.2) is 18.7 Å². The molecule has 0 aliphatic heterocycles. The number of rotatable bonds is 8. The number of carbonyl (C=O) groups excluding carboxylic acids is 1. The first-order chi connectivity index (χ1) is 8.93. The molecule has 0 bridgehead atoms. The molecule has 1 atom stereocenters. The monoisotopic (exact) mass is 289 g/mol. The van der Waals surface area contributed by atoms with Crippen LogP contribution < -0.4 is 4.72 Å². The number of carbonyl (C=O) groups is 1. The van der Waals surface area contributed by atoms with E-state index in [1.54, 1.807) is 30.2 Å². The van der Waals surface area contributed by atoms with Gasteiger partial charge < -0.3 is 9.30 Å². The first-order valence-corrected chi connectivity index (χ1v) is 7.61. The van der Waals surface area contributed by atoms with Gasteiger partial charge in [0.15, 0.2) is 0 Å². The molecule has 0 amide bonds. The average Bonchev–Trinajstić information content (AvgIpc) is 2.80. The second kappa shape index (κ2) is 7.25. The first kappa shape index (κ1) is 15.6. The summed E-state index contributed by atoms with van der Waals surface area (Å²) in [5, 5.41) is 0. The summed E-state index contributed by atoms with van der Waals surface area (Å²) in [4.78, 5) is 14.8. The second-order valence-corrected chi connectivity index (χ2v) is 6.15. The van der Waals surface area contributed by atoms with Crippen molar-refractivity contribution in [1.29, 1.82) is 0 Å². The van der Waals surface area contributed by atoms with Gasteiger partial charge >= 0.3 is 5.97 Å². The van der Waals surface area contributed by atoms with Crippen LogP contribution in [-0.2, 0) is 26.1 Å². The van der Waals surface area contributed by atoms with Gasteiger partial charge in [0, 0.05) is 31.4 Å². The number of imidazole rings is 1. The Kier molecular flexibility index (Phi) is 5.97. The van der Waals surface area contributed by atoms with E-state index in [0.29, 0.717) is 6.54 Å². The van der Waals surface area contributed by atoms with Gasteiger partial charge in [-0.15, -0.1) is 0 Å². The minimum Gasteiger partial charge on any atom is -0.469 e. The molecule has 8 heteroatoms. The molecule has 108 valence electrons. The molecule has 0 aliphatic carbocycles. The molecule has 0 saturated heterocycles. The first-order valence-electron chi connectivity index (χ1n) is 5.95. The Labute approximate surface area is 113 Å². The predicted octanol–water partition coefficient (Wildman–Crippen LogP) is 0.144. The minimum atomic E-state index is -3.38. The van der Waals surface area contributed by atoms with Crippen molar-refractivity contribution in [3.8, 4) is 0 Å². The van der Waals surface area contributed by atoms with Crippen LogP contribution in [0, 0.1) is 0 Å². The maximum absolute atomic E-state index is 11.8. The lowest BCUT2D eigenvalue weighted by molar-refractivity contribution is -0.140. The largest absolute Gasteiger partial charge is 0.469 e. The van der Waals surface area contributed by atoms with Gasteiger partial charge in [-0.05, 0) is 13.3 Å².